The minimum atomic E-state index is -4.99. The molecule has 0 saturated carbocycles. The van der Waals surface area contributed by atoms with Gasteiger partial charge in [0.2, 0.25) is 11.6 Å². The molecule has 1 aromatic carbocycles. The number of hydrogen-bond acceptors (Lipinski definition) is 5. The van der Waals surface area contributed by atoms with E-state index in [-0.39, 0.29) is 11.5 Å². The Labute approximate surface area is 168 Å². The number of rotatable bonds is 5. The van der Waals surface area contributed by atoms with Crippen LogP contribution in [-0.2, 0) is 24.1 Å². The number of benzene rings is 1. The Balaban J connectivity index is 1.62. The molecule has 2 aromatic rings. The lowest BCUT2D eigenvalue weighted by molar-refractivity contribution is -0.388. The quantitative estimate of drug-likeness (QED) is 0.415. The number of hydrogen-bond donors (Lipinski definition) is 0. The maximum absolute atomic E-state index is 13.0. The number of carbonyl (C=O) groups is 1. The van der Waals surface area contributed by atoms with Crippen molar-refractivity contribution in [1.82, 2.24) is 19.6 Å². The van der Waals surface area contributed by atoms with E-state index in [2.05, 4.69) is 10.00 Å². The van der Waals surface area contributed by atoms with Crippen molar-refractivity contribution in [3.63, 3.8) is 0 Å². The highest BCUT2D eigenvalue weighted by atomic mass is 19.4. The van der Waals surface area contributed by atoms with Crippen LogP contribution in [0.2, 0.25) is 0 Å². The van der Waals surface area contributed by atoms with Crippen LogP contribution in [0.4, 0.5) is 23.2 Å². The highest BCUT2D eigenvalue weighted by Crippen LogP contribution is 2.36. The summed E-state index contributed by atoms with van der Waals surface area (Å²) in [5.74, 6) is -0.789. The van der Waals surface area contributed by atoms with Gasteiger partial charge < -0.3 is 4.90 Å². The number of nitro groups is 1. The van der Waals surface area contributed by atoms with Crippen LogP contribution in [-0.4, -0.2) is 56.6 Å². The number of alkyl halides is 3. The topological polar surface area (TPSA) is 84.5 Å². The molecule has 0 aliphatic carbocycles. The van der Waals surface area contributed by atoms with Crippen LogP contribution < -0.4 is 0 Å². The summed E-state index contributed by atoms with van der Waals surface area (Å²) in [4.78, 5) is 26.0. The van der Waals surface area contributed by atoms with E-state index in [4.69, 9.17) is 0 Å². The molecule has 0 bridgehead atoms. The standard InChI is InChI=1S/C18H19F4N5O3/c1-12-16(27(29)30)17(18(20,21)22)23-26(12)11-15(28)25-8-6-24(7-9-25)10-13-2-4-14(19)5-3-13/h2-5H,6-11H2,1H3. The first-order chi connectivity index (χ1) is 14.1. The van der Waals surface area contributed by atoms with Crippen molar-refractivity contribution in [2.45, 2.75) is 26.2 Å². The van der Waals surface area contributed by atoms with E-state index in [0.717, 1.165) is 17.2 Å². The molecular weight excluding hydrogens is 410 g/mol. The minimum Gasteiger partial charge on any atom is -0.339 e. The van der Waals surface area contributed by atoms with Gasteiger partial charge in [-0.05, 0) is 24.6 Å². The third kappa shape index (κ3) is 4.75. The van der Waals surface area contributed by atoms with Crippen LogP contribution in [0.1, 0.15) is 17.0 Å². The summed E-state index contributed by atoms with van der Waals surface area (Å²) in [6.45, 7) is 2.99. The first kappa shape index (κ1) is 21.7. The van der Waals surface area contributed by atoms with Crippen molar-refractivity contribution in [3.8, 4) is 0 Å². The zero-order valence-corrected chi connectivity index (χ0v) is 16.0. The molecular formula is C18H19F4N5O3. The summed E-state index contributed by atoms with van der Waals surface area (Å²) >= 11 is 0. The first-order valence-electron chi connectivity index (χ1n) is 9.10. The zero-order chi connectivity index (χ0) is 22.1. The molecule has 0 spiro atoms. The van der Waals surface area contributed by atoms with Crippen LogP contribution >= 0.6 is 0 Å². The largest absolute Gasteiger partial charge is 0.442 e. The van der Waals surface area contributed by atoms with Crippen molar-refractivity contribution in [2.24, 2.45) is 0 Å². The number of amides is 1. The van der Waals surface area contributed by atoms with Gasteiger partial charge in [0.1, 0.15) is 18.1 Å². The highest BCUT2D eigenvalue weighted by molar-refractivity contribution is 5.76. The number of carbonyl (C=O) groups excluding carboxylic acids is 1. The maximum Gasteiger partial charge on any atom is 0.442 e. The average molecular weight is 429 g/mol. The van der Waals surface area contributed by atoms with Gasteiger partial charge in [-0.25, -0.2) is 4.39 Å². The van der Waals surface area contributed by atoms with Crippen LogP contribution in [0.25, 0.3) is 0 Å². The number of nitrogens with zero attached hydrogens (tertiary/aromatic N) is 5. The Morgan fingerprint density at radius 3 is 2.27 bits per heavy atom. The first-order valence-corrected chi connectivity index (χ1v) is 9.10. The third-order valence-electron chi connectivity index (χ3n) is 4.96. The van der Waals surface area contributed by atoms with E-state index in [0.29, 0.717) is 32.7 Å². The normalized spacial score (nSPS) is 15.4. The molecule has 1 fully saturated rings. The van der Waals surface area contributed by atoms with E-state index in [1.54, 1.807) is 12.1 Å². The lowest BCUT2D eigenvalue weighted by Crippen LogP contribution is -2.49. The van der Waals surface area contributed by atoms with Crippen LogP contribution in [0.5, 0.6) is 0 Å². The molecule has 1 amide bonds. The summed E-state index contributed by atoms with van der Waals surface area (Å²) in [5.41, 5.74) is -2.15. The van der Waals surface area contributed by atoms with Gasteiger partial charge >= 0.3 is 11.9 Å². The lowest BCUT2D eigenvalue weighted by Gasteiger charge is -2.34. The van der Waals surface area contributed by atoms with Gasteiger partial charge in [0, 0.05) is 32.7 Å². The van der Waals surface area contributed by atoms with Crippen molar-refractivity contribution in [1.29, 1.82) is 0 Å². The van der Waals surface area contributed by atoms with Crippen molar-refractivity contribution >= 4 is 11.6 Å². The summed E-state index contributed by atoms with van der Waals surface area (Å²) in [7, 11) is 0. The smallest absolute Gasteiger partial charge is 0.339 e. The molecule has 0 unspecified atom stereocenters. The lowest BCUT2D eigenvalue weighted by atomic mass is 10.2. The predicted molar refractivity (Wildman–Crippen MR) is 96.9 cm³/mol. The van der Waals surface area contributed by atoms with Gasteiger partial charge in [-0.3, -0.25) is 24.5 Å². The van der Waals surface area contributed by atoms with E-state index in [9.17, 15) is 32.5 Å². The van der Waals surface area contributed by atoms with Crippen molar-refractivity contribution in [2.75, 3.05) is 26.2 Å². The molecule has 0 N–H and O–H groups in total. The fraction of sp³-hybridized carbons (Fsp3) is 0.444. The number of piperazine rings is 1. The van der Waals surface area contributed by atoms with E-state index in [1.165, 1.54) is 17.0 Å². The van der Waals surface area contributed by atoms with Gasteiger partial charge in [-0.15, -0.1) is 0 Å². The molecule has 0 radical (unpaired) electrons. The van der Waals surface area contributed by atoms with Gasteiger partial charge in [0.15, 0.2) is 0 Å². The Hall–Kier alpha value is -3.02. The van der Waals surface area contributed by atoms with E-state index in [1.807, 2.05) is 0 Å². The summed E-state index contributed by atoms with van der Waals surface area (Å²) in [6, 6.07) is 6.10. The van der Waals surface area contributed by atoms with Gasteiger partial charge in [0.05, 0.1) is 4.92 Å². The fourth-order valence-corrected chi connectivity index (χ4v) is 3.33. The monoisotopic (exact) mass is 429 g/mol. The SMILES string of the molecule is Cc1c([N+](=O)[O-])c(C(F)(F)F)nn1CC(=O)N1CCN(Cc2ccc(F)cc2)CC1. The summed E-state index contributed by atoms with van der Waals surface area (Å²) in [6.07, 6.45) is -4.99. The second kappa shape index (κ2) is 8.38. The molecule has 1 aliphatic rings. The molecule has 3 rings (SSSR count). The Bertz CT molecular complexity index is 935. The Morgan fingerprint density at radius 2 is 1.77 bits per heavy atom. The second-order valence-electron chi connectivity index (χ2n) is 6.98. The van der Waals surface area contributed by atoms with E-state index >= 15 is 0 Å². The molecule has 1 aromatic heterocycles. The van der Waals surface area contributed by atoms with Crippen LogP contribution in [0.15, 0.2) is 24.3 Å². The molecule has 2 heterocycles. The van der Waals surface area contributed by atoms with Gasteiger partial charge in [-0.2, -0.15) is 18.3 Å². The third-order valence-corrected chi connectivity index (χ3v) is 4.96. The second-order valence-corrected chi connectivity index (χ2v) is 6.98. The molecule has 162 valence electrons. The number of halogens is 4. The molecule has 0 atom stereocenters. The molecule has 30 heavy (non-hydrogen) atoms. The zero-order valence-electron chi connectivity index (χ0n) is 16.0. The Morgan fingerprint density at radius 1 is 1.17 bits per heavy atom. The number of aromatic nitrogens is 2. The maximum atomic E-state index is 13.0. The van der Waals surface area contributed by atoms with Gasteiger partial charge in [0.25, 0.3) is 0 Å². The molecule has 8 nitrogen and oxygen atoms in total. The van der Waals surface area contributed by atoms with Crippen LogP contribution in [0.3, 0.4) is 0 Å². The molecule has 1 saturated heterocycles. The summed E-state index contributed by atoms with van der Waals surface area (Å²) < 4.78 is 52.8. The summed E-state index contributed by atoms with van der Waals surface area (Å²) in [5, 5.41) is 14.3. The van der Waals surface area contributed by atoms with Crippen molar-refractivity contribution < 1.29 is 27.3 Å². The minimum absolute atomic E-state index is 0.322. The van der Waals surface area contributed by atoms with Crippen molar-refractivity contribution in [3.05, 3.63) is 57.1 Å². The molecule has 12 heteroatoms. The fourth-order valence-electron chi connectivity index (χ4n) is 3.33. The average Bonchev–Trinajstić information content (AvgIpc) is 3.01. The highest BCUT2D eigenvalue weighted by Gasteiger charge is 2.44. The molecule has 1 aliphatic heterocycles. The Kier molecular flexibility index (Phi) is 6.06. The van der Waals surface area contributed by atoms with E-state index < -0.39 is 34.9 Å². The predicted octanol–water partition coefficient (Wildman–Crippen LogP) is 2.60. The van der Waals surface area contributed by atoms with Crippen LogP contribution in [0, 0.1) is 22.9 Å². The van der Waals surface area contributed by atoms with Gasteiger partial charge in [-0.1, -0.05) is 12.1 Å².